The molecule has 1 aliphatic carbocycles. The minimum Gasteiger partial charge on any atom is -0.333 e. The fraction of sp³-hybridized carbons (Fsp3) is 0.632. The lowest BCUT2D eigenvalue weighted by Gasteiger charge is -2.36. The van der Waals surface area contributed by atoms with E-state index in [1.54, 1.807) is 6.07 Å². The number of nitrogens with one attached hydrogen (secondary N) is 1. The number of benzene rings is 1. The van der Waals surface area contributed by atoms with Gasteiger partial charge in [-0.1, -0.05) is 12.1 Å². The fourth-order valence-corrected chi connectivity index (χ4v) is 3.74. The Bertz CT molecular complexity index is 633. The van der Waals surface area contributed by atoms with Crippen molar-refractivity contribution < 1.29 is 18.0 Å². The van der Waals surface area contributed by atoms with Gasteiger partial charge in [-0.2, -0.15) is 13.2 Å². The molecule has 1 N–H and O–H groups in total. The highest BCUT2D eigenvalue weighted by atomic mass is 35.5. The lowest BCUT2D eigenvalue weighted by molar-refractivity contribution is -0.139. The summed E-state index contributed by atoms with van der Waals surface area (Å²) in [6.45, 7) is 4.72. The first kappa shape index (κ1) is 21.0. The molecule has 1 saturated heterocycles. The maximum Gasteiger partial charge on any atom is 0.416 e. The van der Waals surface area contributed by atoms with Crippen LogP contribution in [-0.4, -0.2) is 29.4 Å². The van der Waals surface area contributed by atoms with Gasteiger partial charge in [0.15, 0.2) is 0 Å². The van der Waals surface area contributed by atoms with Crippen LogP contribution in [0.15, 0.2) is 24.3 Å². The molecule has 0 spiro atoms. The number of piperidine rings is 1. The number of amides is 1. The Morgan fingerprint density at radius 1 is 1.27 bits per heavy atom. The third-order valence-corrected chi connectivity index (χ3v) is 5.28. The molecule has 0 bridgehead atoms. The van der Waals surface area contributed by atoms with Crippen molar-refractivity contribution >= 4 is 18.3 Å². The second-order valence-corrected chi connectivity index (χ2v) is 7.35. The molecule has 1 unspecified atom stereocenters. The molecule has 3 rings (SSSR count). The topological polar surface area (TPSA) is 32.3 Å². The van der Waals surface area contributed by atoms with Crippen LogP contribution in [0.1, 0.15) is 56.7 Å². The zero-order valence-electron chi connectivity index (χ0n) is 15.1. The van der Waals surface area contributed by atoms with Crippen molar-refractivity contribution in [1.82, 2.24) is 10.2 Å². The van der Waals surface area contributed by atoms with E-state index in [-0.39, 0.29) is 36.3 Å². The largest absolute Gasteiger partial charge is 0.416 e. The van der Waals surface area contributed by atoms with Crippen LogP contribution in [0, 0.1) is 5.92 Å². The Labute approximate surface area is 158 Å². The van der Waals surface area contributed by atoms with Gasteiger partial charge in [0, 0.05) is 18.0 Å². The second-order valence-electron chi connectivity index (χ2n) is 7.35. The normalized spacial score (nSPS) is 24.5. The number of nitrogens with zero attached hydrogens (tertiary/aromatic N) is 1. The lowest BCUT2D eigenvalue weighted by Crippen LogP contribution is -2.45. The maximum atomic E-state index is 13.1. The van der Waals surface area contributed by atoms with Gasteiger partial charge in [-0.25, -0.2) is 0 Å². The van der Waals surface area contributed by atoms with Gasteiger partial charge < -0.3 is 10.2 Å². The van der Waals surface area contributed by atoms with Crippen LogP contribution in [0.5, 0.6) is 0 Å². The van der Waals surface area contributed by atoms with Crippen LogP contribution in [0.2, 0.25) is 0 Å². The second kappa shape index (κ2) is 8.17. The molecule has 146 valence electrons. The van der Waals surface area contributed by atoms with Gasteiger partial charge in [0.05, 0.1) is 11.6 Å². The van der Waals surface area contributed by atoms with E-state index in [2.05, 4.69) is 12.2 Å². The number of carbonyl (C=O) groups excluding carboxylic acids is 1. The highest BCUT2D eigenvalue weighted by molar-refractivity contribution is 5.85. The molecule has 7 heteroatoms. The SMILES string of the molecule is CC(c1cccc(C(F)(F)F)c1)N(C(=O)[C@H]1CCN[C@@H](C)C1)C1CC1.Cl. The summed E-state index contributed by atoms with van der Waals surface area (Å²) in [4.78, 5) is 14.9. The highest BCUT2D eigenvalue weighted by Crippen LogP contribution is 2.38. The smallest absolute Gasteiger partial charge is 0.333 e. The third kappa shape index (κ3) is 4.71. The monoisotopic (exact) mass is 390 g/mol. The van der Waals surface area contributed by atoms with E-state index >= 15 is 0 Å². The van der Waals surface area contributed by atoms with Crippen LogP contribution in [0.4, 0.5) is 13.2 Å². The Morgan fingerprint density at radius 3 is 2.54 bits per heavy atom. The van der Waals surface area contributed by atoms with E-state index in [1.807, 2.05) is 11.8 Å². The van der Waals surface area contributed by atoms with Gasteiger partial charge in [0.25, 0.3) is 0 Å². The zero-order chi connectivity index (χ0) is 18.2. The first-order chi connectivity index (χ1) is 11.8. The van der Waals surface area contributed by atoms with E-state index < -0.39 is 11.7 Å². The molecule has 26 heavy (non-hydrogen) atoms. The number of carbonyl (C=O) groups is 1. The van der Waals surface area contributed by atoms with Gasteiger partial charge in [0.1, 0.15) is 0 Å². The van der Waals surface area contributed by atoms with E-state index in [9.17, 15) is 18.0 Å². The summed E-state index contributed by atoms with van der Waals surface area (Å²) in [6, 6.07) is 5.50. The zero-order valence-corrected chi connectivity index (χ0v) is 15.9. The minimum absolute atomic E-state index is 0. The van der Waals surface area contributed by atoms with Crippen molar-refractivity contribution in [2.75, 3.05) is 6.54 Å². The van der Waals surface area contributed by atoms with Crippen molar-refractivity contribution in [3.63, 3.8) is 0 Å². The van der Waals surface area contributed by atoms with E-state index in [1.165, 1.54) is 12.1 Å². The first-order valence-corrected chi connectivity index (χ1v) is 9.00. The summed E-state index contributed by atoms with van der Waals surface area (Å²) in [7, 11) is 0. The van der Waals surface area contributed by atoms with Crippen molar-refractivity contribution in [2.45, 2.75) is 63.8 Å². The van der Waals surface area contributed by atoms with Crippen LogP contribution < -0.4 is 5.32 Å². The summed E-state index contributed by atoms with van der Waals surface area (Å²) >= 11 is 0. The number of alkyl halides is 3. The van der Waals surface area contributed by atoms with Crippen molar-refractivity contribution in [1.29, 1.82) is 0 Å². The Kier molecular flexibility index (Phi) is 6.61. The van der Waals surface area contributed by atoms with Crippen LogP contribution in [0.25, 0.3) is 0 Å². The maximum absolute atomic E-state index is 13.1. The Morgan fingerprint density at radius 2 is 1.96 bits per heavy atom. The van der Waals surface area contributed by atoms with Gasteiger partial charge in [-0.15, -0.1) is 12.4 Å². The summed E-state index contributed by atoms with van der Waals surface area (Å²) in [5.41, 5.74) is -0.104. The number of rotatable bonds is 4. The Balaban J connectivity index is 0.00000243. The predicted octanol–water partition coefficient (Wildman–Crippen LogP) is 4.57. The van der Waals surface area contributed by atoms with Gasteiger partial charge in [-0.05, 0) is 63.8 Å². The average Bonchev–Trinajstić information content (AvgIpc) is 3.39. The minimum atomic E-state index is -4.37. The van der Waals surface area contributed by atoms with Gasteiger partial charge in [-0.3, -0.25) is 4.79 Å². The number of hydrogen-bond acceptors (Lipinski definition) is 2. The van der Waals surface area contributed by atoms with Crippen LogP contribution in [-0.2, 0) is 11.0 Å². The fourth-order valence-electron chi connectivity index (χ4n) is 3.74. The molecular formula is C19H26ClF3N2O. The predicted molar refractivity (Wildman–Crippen MR) is 97.2 cm³/mol. The molecule has 1 aromatic carbocycles. The average molecular weight is 391 g/mol. The van der Waals surface area contributed by atoms with Crippen LogP contribution >= 0.6 is 12.4 Å². The van der Waals surface area contributed by atoms with Crippen molar-refractivity contribution in [3.8, 4) is 0 Å². The molecule has 0 aromatic heterocycles. The molecule has 2 fully saturated rings. The molecule has 1 saturated carbocycles. The third-order valence-electron chi connectivity index (χ3n) is 5.28. The number of halogens is 4. The standard InChI is InChI=1S/C19H25F3N2O.ClH/c1-12-10-15(8-9-23-12)18(25)24(17-6-7-17)13(2)14-4-3-5-16(11-14)19(20,21)22;/h3-5,11-13,15,17,23H,6-10H2,1-2H3;1H/t12-,13?,15-;/m0./s1. The molecule has 1 aliphatic heterocycles. The molecule has 1 aromatic rings. The van der Waals surface area contributed by atoms with E-state index in [0.717, 1.165) is 38.3 Å². The molecule has 3 nitrogen and oxygen atoms in total. The molecular weight excluding hydrogens is 365 g/mol. The van der Waals surface area contributed by atoms with Gasteiger partial charge in [0.2, 0.25) is 5.91 Å². The first-order valence-electron chi connectivity index (χ1n) is 9.00. The lowest BCUT2D eigenvalue weighted by atomic mass is 9.91. The summed E-state index contributed by atoms with van der Waals surface area (Å²) in [5.74, 6) is 0.0610. The quantitative estimate of drug-likeness (QED) is 0.816. The molecule has 1 heterocycles. The molecule has 1 amide bonds. The van der Waals surface area contributed by atoms with Crippen molar-refractivity contribution in [3.05, 3.63) is 35.4 Å². The van der Waals surface area contributed by atoms with Gasteiger partial charge >= 0.3 is 6.18 Å². The van der Waals surface area contributed by atoms with E-state index in [0.29, 0.717) is 11.6 Å². The summed E-state index contributed by atoms with van der Waals surface area (Å²) in [5, 5.41) is 3.34. The van der Waals surface area contributed by atoms with Crippen molar-refractivity contribution in [2.24, 2.45) is 5.92 Å². The highest BCUT2D eigenvalue weighted by Gasteiger charge is 2.40. The number of hydrogen-bond donors (Lipinski definition) is 1. The summed E-state index contributed by atoms with van der Waals surface area (Å²) in [6.07, 6.45) is -0.904. The molecule has 3 atom stereocenters. The van der Waals surface area contributed by atoms with Crippen LogP contribution in [0.3, 0.4) is 0 Å². The Hall–Kier alpha value is -1.27. The van der Waals surface area contributed by atoms with E-state index in [4.69, 9.17) is 0 Å². The molecule has 2 aliphatic rings. The summed E-state index contributed by atoms with van der Waals surface area (Å²) < 4.78 is 39.0. The molecule has 0 radical (unpaired) electrons.